The number of hydrogen-bond acceptors (Lipinski definition) is 1. The van der Waals surface area contributed by atoms with Crippen molar-refractivity contribution in [3.8, 4) is 5.75 Å². The molecule has 36 heavy (non-hydrogen) atoms. The van der Waals surface area contributed by atoms with E-state index in [-0.39, 0.29) is 17.9 Å². The van der Waals surface area contributed by atoms with Gasteiger partial charge < -0.3 is 4.74 Å². The van der Waals surface area contributed by atoms with E-state index in [0.717, 1.165) is 6.92 Å². The molecule has 0 aliphatic rings. The molecule has 0 unspecified atom stereocenters. The maximum absolute atomic E-state index is 14.3. The van der Waals surface area contributed by atoms with Crippen LogP contribution >= 0.6 is 0 Å². The van der Waals surface area contributed by atoms with Gasteiger partial charge in [0, 0.05) is 5.56 Å². The van der Waals surface area contributed by atoms with Gasteiger partial charge in [0.25, 0.3) is 0 Å². The molecular formula is C18H13F17O. The Morgan fingerprint density at radius 3 is 1.25 bits per heavy atom. The normalized spacial score (nSPS) is 15.5. The molecule has 0 radical (unpaired) electrons. The van der Waals surface area contributed by atoms with Gasteiger partial charge >= 0.3 is 47.6 Å². The Labute approximate surface area is 190 Å². The molecule has 0 saturated carbocycles. The van der Waals surface area contributed by atoms with Crippen molar-refractivity contribution >= 4 is 0 Å². The van der Waals surface area contributed by atoms with Crippen LogP contribution < -0.4 is 4.74 Å². The van der Waals surface area contributed by atoms with Crippen LogP contribution in [0.1, 0.15) is 25.0 Å². The SMILES string of the molecule is Cc1cc(C(F)(F)C(F)(F)C(F)(F)C(F)(F)C(F)(F)C(F)(F)C(F)(F)C(F)(F)F)ccc1OC(C)C. The minimum Gasteiger partial charge on any atom is -0.491 e. The van der Waals surface area contributed by atoms with Crippen molar-refractivity contribution in [2.24, 2.45) is 0 Å². The molecule has 1 aromatic rings. The average Bonchev–Trinajstić information content (AvgIpc) is 2.67. The fraction of sp³-hybridized carbons (Fsp3) is 0.667. The Bertz CT molecular complexity index is 945. The molecule has 0 N–H and O–H groups in total. The molecule has 1 nitrogen and oxygen atoms in total. The van der Waals surface area contributed by atoms with Crippen LogP contribution in [0.5, 0.6) is 5.75 Å². The molecule has 0 spiro atoms. The minimum atomic E-state index is -8.65. The summed E-state index contributed by atoms with van der Waals surface area (Å²) in [7, 11) is 0. The average molecular weight is 568 g/mol. The summed E-state index contributed by atoms with van der Waals surface area (Å²) in [6, 6.07) is 0.277. The maximum Gasteiger partial charge on any atom is 0.460 e. The Kier molecular flexibility index (Phi) is 7.70. The molecule has 0 aliphatic heterocycles. The number of aryl methyl sites for hydroxylation is 1. The van der Waals surface area contributed by atoms with Crippen molar-refractivity contribution in [3.05, 3.63) is 29.3 Å². The summed E-state index contributed by atoms with van der Waals surface area (Å²) in [5, 5.41) is 0. The van der Waals surface area contributed by atoms with E-state index in [1.165, 1.54) is 13.8 Å². The highest BCUT2D eigenvalue weighted by molar-refractivity contribution is 5.39. The van der Waals surface area contributed by atoms with Gasteiger partial charge in [-0.3, -0.25) is 0 Å². The van der Waals surface area contributed by atoms with Crippen LogP contribution in [0.2, 0.25) is 0 Å². The highest BCUT2D eigenvalue weighted by atomic mass is 19.4. The molecule has 0 aromatic heterocycles. The first-order valence-electron chi connectivity index (χ1n) is 9.05. The van der Waals surface area contributed by atoms with Crippen LogP contribution in [0.3, 0.4) is 0 Å². The molecule has 0 bridgehead atoms. The number of rotatable bonds is 9. The molecule has 0 heterocycles. The van der Waals surface area contributed by atoms with Gasteiger partial charge in [0.1, 0.15) is 5.75 Å². The maximum atomic E-state index is 14.3. The van der Waals surface area contributed by atoms with Gasteiger partial charge in [0.2, 0.25) is 0 Å². The van der Waals surface area contributed by atoms with Gasteiger partial charge in [0.05, 0.1) is 6.10 Å². The zero-order chi connectivity index (χ0) is 29.1. The monoisotopic (exact) mass is 568 g/mol. The highest BCUT2D eigenvalue weighted by Crippen LogP contribution is 2.65. The van der Waals surface area contributed by atoms with Gasteiger partial charge in [-0.1, -0.05) is 0 Å². The molecule has 0 aliphatic carbocycles. The van der Waals surface area contributed by atoms with Gasteiger partial charge in [-0.2, -0.15) is 74.6 Å². The van der Waals surface area contributed by atoms with Crippen LogP contribution in [0.4, 0.5) is 74.6 Å². The Hall–Kier alpha value is -2.17. The molecule has 0 amide bonds. The molecule has 210 valence electrons. The predicted molar refractivity (Wildman–Crippen MR) is 86.6 cm³/mol. The van der Waals surface area contributed by atoms with Gasteiger partial charge in [-0.05, 0) is 44.5 Å². The number of benzene rings is 1. The number of halogens is 17. The first-order valence-corrected chi connectivity index (χ1v) is 9.05. The van der Waals surface area contributed by atoms with E-state index in [9.17, 15) is 74.6 Å². The lowest BCUT2D eigenvalue weighted by atomic mass is 9.87. The summed E-state index contributed by atoms with van der Waals surface area (Å²) in [6.45, 7) is 3.63. The van der Waals surface area contributed by atoms with Crippen LogP contribution in [-0.2, 0) is 5.92 Å². The fourth-order valence-corrected chi connectivity index (χ4v) is 2.58. The van der Waals surface area contributed by atoms with Gasteiger partial charge in [0.15, 0.2) is 0 Å². The summed E-state index contributed by atoms with van der Waals surface area (Å²) in [6.07, 6.45) is -8.45. The highest BCUT2D eigenvalue weighted by Gasteiger charge is 2.95. The molecule has 0 atom stereocenters. The molecule has 0 saturated heterocycles. The molecule has 18 heteroatoms. The lowest BCUT2D eigenvalue weighted by Crippen LogP contribution is -2.74. The third kappa shape index (κ3) is 4.31. The minimum absolute atomic E-state index is 0.0512. The van der Waals surface area contributed by atoms with Crippen LogP contribution in [0.15, 0.2) is 18.2 Å². The van der Waals surface area contributed by atoms with Crippen molar-refractivity contribution in [1.82, 2.24) is 0 Å². The van der Waals surface area contributed by atoms with Gasteiger partial charge in [-0.25, -0.2) is 0 Å². The first kappa shape index (κ1) is 31.9. The summed E-state index contributed by atoms with van der Waals surface area (Å²) >= 11 is 0. The molecular weight excluding hydrogens is 555 g/mol. The predicted octanol–water partition coefficient (Wildman–Crippen LogP) is 8.25. The van der Waals surface area contributed by atoms with Crippen LogP contribution in [-0.4, -0.2) is 47.8 Å². The lowest BCUT2D eigenvalue weighted by molar-refractivity contribution is -0.462. The summed E-state index contributed by atoms with van der Waals surface area (Å²) in [5.74, 6) is -57.0. The Balaban J connectivity index is 3.70. The fourth-order valence-electron chi connectivity index (χ4n) is 2.58. The van der Waals surface area contributed by atoms with E-state index < -0.39 is 64.9 Å². The van der Waals surface area contributed by atoms with Crippen molar-refractivity contribution < 1.29 is 79.4 Å². The molecule has 1 rings (SSSR count). The van der Waals surface area contributed by atoms with E-state index in [1.807, 2.05) is 0 Å². The Morgan fingerprint density at radius 1 is 0.556 bits per heavy atom. The standard InChI is InChI=1S/C18H13F17O/c1-7(2)36-10-5-4-9(6-8(10)3)11(19,20)12(21,22)13(23,24)14(25,26)15(27,28)16(29,30)17(31,32)18(33,34)35/h4-7H,1-3H3. The second kappa shape index (κ2) is 8.70. The summed E-state index contributed by atoms with van der Waals surface area (Å²) in [4.78, 5) is 0. The number of hydrogen-bond donors (Lipinski definition) is 0. The number of alkyl halides is 17. The molecule has 0 fully saturated rings. The van der Waals surface area contributed by atoms with Crippen molar-refractivity contribution in [2.75, 3.05) is 0 Å². The summed E-state index contributed by atoms with van der Waals surface area (Å²) < 4.78 is 232. The third-order valence-corrected chi connectivity index (χ3v) is 4.62. The van der Waals surface area contributed by atoms with Crippen LogP contribution in [0.25, 0.3) is 0 Å². The van der Waals surface area contributed by atoms with Crippen molar-refractivity contribution in [2.45, 2.75) is 74.5 Å². The second-order valence-electron chi connectivity index (χ2n) is 7.67. The van der Waals surface area contributed by atoms with E-state index in [0.29, 0.717) is 6.07 Å². The Morgan fingerprint density at radius 2 is 0.917 bits per heavy atom. The van der Waals surface area contributed by atoms with Crippen molar-refractivity contribution in [3.63, 3.8) is 0 Å². The smallest absolute Gasteiger partial charge is 0.460 e. The zero-order valence-corrected chi connectivity index (χ0v) is 17.6. The van der Waals surface area contributed by atoms with Gasteiger partial charge in [-0.15, -0.1) is 0 Å². The zero-order valence-electron chi connectivity index (χ0n) is 17.6. The second-order valence-corrected chi connectivity index (χ2v) is 7.67. The third-order valence-electron chi connectivity index (χ3n) is 4.62. The molecule has 1 aromatic carbocycles. The van der Waals surface area contributed by atoms with E-state index in [1.54, 1.807) is 0 Å². The van der Waals surface area contributed by atoms with E-state index >= 15 is 0 Å². The first-order chi connectivity index (χ1) is 15.6. The van der Waals surface area contributed by atoms with Crippen LogP contribution in [0, 0.1) is 6.92 Å². The van der Waals surface area contributed by atoms with E-state index in [2.05, 4.69) is 0 Å². The largest absolute Gasteiger partial charge is 0.491 e. The van der Waals surface area contributed by atoms with Crippen molar-refractivity contribution in [1.29, 1.82) is 0 Å². The topological polar surface area (TPSA) is 9.23 Å². The number of ether oxygens (including phenoxy) is 1. The lowest BCUT2D eigenvalue weighted by Gasteiger charge is -2.42. The van der Waals surface area contributed by atoms with E-state index in [4.69, 9.17) is 4.74 Å². The quantitative estimate of drug-likeness (QED) is 0.273. The summed E-state index contributed by atoms with van der Waals surface area (Å²) in [5.41, 5.74) is -2.79.